The number of aliphatic hydroxyl groups excluding tert-OH is 1. The predicted molar refractivity (Wildman–Crippen MR) is 83.2 cm³/mol. The molecule has 6 heteroatoms. The molecule has 3 N–H and O–H groups in total. The summed E-state index contributed by atoms with van der Waals surface area (Å²) in [5.74, 6) is 1.21. The van der Waals surface area contributed by atoms with Crippen LogP contribution in [0.15, 0.2) is 6.07 Å². The van der Waals surface area contributed by atoms with Crippen molar-refractivity contribution >= 4 is 11.8 Å². The Kier molecular flexibility index (Phi) is 3.75. The fourth-order valence-electron chi connectivity index (χ4n) is 3.86. The highest BCUT2D eigenvalue weighted by Gasteiger charge is 2.44. The van der Waals surface area contributed by atoms with Crippen molar-refractivity contribution in [3.8, 4) is 0 Å². The number of aromatic nitrogens is 2. The zero-order valence-corrected chi connectivity index (χ0v) is 12.9. The van der Waals surface area contributed by atoms with E-state index in [9.17, 15) is 5.11 Å². The number of nitrogens with two attached hydrogens (primary N) is 1. The first-order chi connectivity index (χ1) is 9.98. The molecule has 0 radical (unpaired) electrons. The van der Waals surface area contributed by atoms with Crippen molar-refractivity contribution in [2.75, 3.05) is 43.9 Å². The van der Waals surface area contributed by atoms with Crippen molar-refractivity contribution in [1.29, 1.82) is 0 Å². The second-order valence-corrected chi connectivity index (χ2v) is 6.66. The summed E-state index contributed by atoms with van der Waals surface area (Å²) in [6.07, 6.45) is 2.79. The van der Waals surface area contributed by atoms with Gasteiger partial charge in [0, 0.05) is 43.4 Å². The lowest BCUT2D eigenvalue weighted by Gasteiger charge is -2.50. The molecule has 0 saturated carbocycles. The molecule has 2 atom stereocenters. The van der Waals surface area contributed by atoms with Gasteiger partial charge < -0.3 is 20.6 Å². The first-order valence-corrected chi connectivity index (χ1v) is 7.71. The van der Waals surface area contributed by atoms with Gasteiger partial charge in [-0.1, -0.05) is 0 Å². The number of aliphatic hydroxyl groups is 1. The third kappa shape index (κ3) is 2.82. The summed E-state index contributed by atoms with van der Waals surface area (Å²) in [6, 6.07) is 1.98. The Balaban J connectivity index is 1.85. The summed E-state index contributed by atoms with van der Waals surface area (Å²) < 4.78 is 0. The Hall–Kier alpha value is -1.40. The third-order valence-electron chi connectivity index (χ3n) is 4.87. The number of likely N-dealkylation sites (tertiary alicyclic amines) is 1. The average molecular weight is 291 g/mol. The van der Waals surface area contributed by atoms with Gasteiger partial charge in [0.05, 0.1) is 6.10 Å². The Bertz CT molecular complexity index is 503. The minimum atomic E-state index is -0.225. The van der Waals surface area contributed by atoms with E-state index < -0.39 is 0 Å². The van der Waals surface area contributed by atoms with E-state index in [-0.39, 0.29) is 11.5 Å². The Morgan fingerprint density at radius 2 is 2.14 bits per heavy atom. The Labute approximate surface area is 126 Å². The smallest absolute Gasteiger partial charge is 0.222 e. The molecule has 1 spiro atoms. The van der Waals surface area contributed by atoms with Crippen LogP contribution in [0.2, 0.25) is 0 Å². The topological polar surface area (TPSA) is 78.5 Å². The predicted octanol–water partition coefficient (Wildman–Crippen LogP) is 0.650. The van der Waals surface area contributed by atoms with Crippen LogP contribution >= 0.6 is 0 Å². The van der Waals surface area contributed by atoms with Crippen LogP contribution in [-0.2, 0) is 0 Å². The zero-order chi connectivity index (χ0) is 15.0. The molecule has 2 aliphatic heterocycles. The number of aryl methyl sites for hydroxylation is 1. The maximum Gasteiger partial charge on any atom is 0.222 e. The van der Waals surface area contributed by atoms with E-state index in [2.05, 4.69) is 26.8 Å². The number of hydrogen-bond donors (Lipinski definition) is 2. The normalized spacial score (nSPS) is 30.8. The van der Waals surface area contributed by atoms with Crippen molar-refractivity contribution in [3.63, 3.8) is 0 Å². The number of piperidine rings is 2. The van der Waals surface area contributed by atoms with Gasteiger partial charge >= 0.3 is 0 Å². The summed E-state index contributed by atoms with van der Waals surface area (Å²) in [5.41, 5.74) is 6.62. The highest BCUT2D eigenvalue weighted by atomic mass is 16.3. The Morgan fingerprint density at radius 3 is 2.90 bits per heavy atom. The summed E-state index contributed by atoms with van der Waals surface area (Å²) in [6.45, 7) is 5.67. The molecule has 6 nitrogen and oxygen atoms in total. The van der Waals surface area contributed by atoms with Crippen molar-refractivity contribution in [3.05, 3.63) is 11.8 Å². The van der Waals surface area contributed by atoms with Crippen LogP contribution in [0.4, 0.5) is 11.8 Å². The number of nitrogens with zero attached hydrogens (tertiary/aromatic N) is 4. The average Bonchev–Trinajstić information content (AvgIpc) is 2.42. The molecule has 1 aromatic heterocycles. The van der Waals surface area contributed by atoms with Crippen LogP contribution in [0, 0.1) is 12.3 Å². The highest BCUT2D eigenvalue weighted by molar-refractivity contribution is 5.44. The van der Waals surface area contributed by atoms with Gasteiger partial charge in [-0.2, -0.15) is 4.98 Å². The summed E-state index contributed by atoms with van der Waals surface area (Å²) in [7, 11) is 2.14. The molecule has 0 bridgehead atoms. The van der Waals surface area contributed by atoms with Crippen molar-refractivity contribution < 1.29 is 5.11 Å². The van der Waals surface area contributed by atoms with Crippen molar-refractivity contribution in [1.82, 2.24) is 14.9 Å². The fraction of sp³-hybridized carbons (Fsp3) is 0.733. The number of rotatable bonds is 1. The van der Waals surface area contributed by atoms with Gasteiger partial charge in [-0.3, -0.25) is 0 Å². The lowest BCUT2D eigenvalue weighted by atomic mass is 9.71. The first kappa shape index (κ1) is 14.5. The van der Waals surface area contributed by atoms with Gasteiger partial charge in [-0.05, 0) is 33.2 Å². The summed E-state index contributed by atoms with van der Waals surface area (Å²) in [4.78, 5) is 13.1. The van der Waals surface area contributed by atoms with E-state index in [1.54, 1.807) is 0 Å². The second-order valence-electron chi connectivity index (χ2n) is 6.66. The molecule has 2 aliphatic rings. The SMILES string of the molecule is Cc1cc(N2CCC[C@]3(CN(C)CC[C@@H]3O)C2)nc(N)n1. The maximum absolute atomic E-state index is 10.6. The molecule has 0 aromatic carbocycles. The molecule has 1 aromatic rings. The van der Waals surface area contributed by atoms with E-state index in [0.29, 0.717) is 5.95 Å². The molecule has 0 aliphatic carbocycles. The monoisotopic (exact) mass is 291 g/mol. The van der Waals surface area contributed by atoms with E-state index >= 15 is 0 Å². The van der Waals surface area contributed by atoms with E-state index in [0.717, 1.165) is 57.0 Å². The van der Waals surface area contributed by atoms with Crippen molar-refractivity contribution in [2.24, 2.45) is 5.41 Å². The number of anilines is 2. The lowest BCUT2D eigenvalue weighted by molar-refractivity contribution is -0.0466. The van der Waals surface area contributed by atoms with Gasteiger partial charge in [0.15, 0.2) is 0 Å². The van der Waals surface area contributed by atoms with Crippen LogP contribution < -0.4 is 10.6 Å². The standard InChI is InChI=1S/C15H25N5O/c1-11-8-13(18-14(16)17-11)20-6-3-5-15(10-20)9-19(2)7-4-12(15)21/h8,12,21H,3-7,9-10H2,1-2H3,(H2,16,17,18)/t12-,15-/m0/s1. The molecular weight excluding hydrogens is 266 g/mol. The van der Waals surface area contributed by atoms with Crippen LogP contribution in [0.25, 0.3) is 0 Å². The van der Waals surface area contributed by atoms with Crippen LogP contribution in [0.5, 0.6) is 0 Å². The molecule has 21 heavy (non-hydrogen) atoms. The second kappa shape index (κ2) is 5.42. The van der Waals surface area contributed by atoms with Gasteiger partial charge in [0.2, 0.25) is 5.95 Å². The van der Waals surface area contributed by atoms with Gasteiger partial charge in [0.25, 0.3) is 0 Å². The largest absolute Gasteiger partial charge is 0.392 e. The van der Waals surface area contributed by atoms with Crippen molar-refractivity contribution in [2.45, 2.75) is 32.3 Å². The Morgan fingerprint density at radius 1 is 1.33 bits per heavy atom. The minimum absolute atomic E-state index is 0.0428. The van der Waals surface area contributed by atoms with Crippen LogP contribution in [-0.4, -0.2) is 59.3 Å². The summed E-state index contributed by atoms with van der Waals surface area (Å²) >= 11 is 0. The van der Waals surface area contributed by atoms with Gasteiger partial charge in [-0.25, -0.2) is 4.98 Å². The summed E-state index contributed by atoms with van der Waals surface area (Å²) in [5, 5.41) is 10.6. The molecule has 3 heterocycles. The molecule has 2 fully saturated rings. The molecule has 3 rings (SSSR count). The highest BCUT2D eigenvalue weighted by Crippen LogP contribution is 2.39. The minimum Gasteiger partial charge on any atom is -0.392 e. The molecule has 2 saturated heterocycles. The zero-order valence-electron chi connectivity index (χ0n) is 12.9. The molecular formula is C15H25N5O. The molecule has 0 amide bonds. The van der Waals surface area contributed by atoms with E-state index in [1.807, 2.05) is 13.0 Å². The lowest BCUT2D eigenvalue weighted by Crippen LogP contribution is -2.58. The number of hydrogen-bond acceptors (Lipinski definition) is 6. The van der Waals surface area contributed by atoms with Crippen LogP contribution in [0.1, 0.15) is 25.0 Å². The van der Waals surface area contributed by atoms with Gasteiger partial charge in [-0.15, -0.1) is 0 Å². The molecule has 116 valence electrons. The maximum atomic E-state index is 10.6. The van der Waals surface area contributed by atoms with Crippen LogP contribution in [0.3, 0.4) is 0 Å². The van der Waals surface area contributed by atoms with E-state index in [4.69, 9.17) is 5.73 Å². The van der Waals surface area contributed by atoms with Gasteiger partial charge in [0.1, 0.15) is 5.82 Å². The quantitative estimate of drug-likeness (QED) is 0.791. The fourth-order valence-corrected chi connectivity index (χ4v) is 3.86. The molecule has 0 unspecified atom stereocenters. The van der Waals surface area contributed by atoms with E-state index in [1.165, 1.54) is 0 Å². The number of nitrogen functional groups attached to an aromatic ring is 1. The third-order valence-corrected chi connectivity index (χ3v) is 4.87. The first-order valence-electron chi connectivity index (χ1n) is 7.71.